The van der Waals surface area contributed by atoms with Crippen LogP contribution in [0, 0.1) is 0 Å². The molecule has 0 radical (unpaired) electrons. The lowest BCUT2D eigenvalue weighted by molar-refractivity contribution is -0.0858. The predicted molar refractivity (Wildman–Crippen MR) is 77.0 cm³/mol. The van der Waals surface area contributed by atoms with Gasteiger partial charge in [0.05, 0.1) is 0 Å². The van der Waals surface area contributed by atoms with Gasteiger partial charge in [0, 0.05) is 5.02 Å². The minimum Gasteiger partial charge on any atom is -0.385 e. The number of benzene rings is 2. The summed E-state index contributed by atoms with van der Waals surface area (Å²) in [4.78, 5) is 0. The highest BCUT2D eigenvalue weighted by atomic mass is 35.5. The normalized spacial score (nSPS) is 15.8. The number of hydrogen-bond donors (Lipinski definition) is 2. The molecule has 0 amide bonds. The van der Waals surface area contributed by atoms with E-state index in [1.54, 1.807) is 24.3 Å². The van der Waals surface area contributed by atoms with Crippen LogP contribution in [-0.2, 0) is 5.60 Å². The molecule has 2 aromatic rings. The molecule has 0 spiro atoms. The molecule has 2 N–H and O–H groups in total. The molecule has 2 rings (SSSR count). The van der Waals surface area contributed by atoms with E-state index < -0.39 is 11.7 Å². The Bertz CT molecular complexity index is 524. The zero-order chi connectivity index (χ0) is 13.9. The summed E-state index contributed by atoms with van der Waals surface area (Å²) in [6.07, 6.45) is -0.571. The average Bonchev–Trinajstić information content (AvgIpc) is 2.47. The topological polar surface area (TPSA) is 40.5 Å². The van der Waals surface area contributed by atoms with Gasteiger partial charge in [0.25, 0.3) is 0 Å². The van der Waals surface area contributed by atoms with Crippen LogP contribution in [0.5, 0.6) is 0 Å². The molecule has 3 heteroatoms. The molecule has 0 saturated heterocycles. The molecule has 0 saturated carbocycles. The maximum absolute atomic E-state index is 10.8. The molecule has 100 valence electrons. The zero-order valence-electron chi connectivity index (χ0n) is 10.8. The van der Waals surface area contributed by atoms with Gasteiger partial charge in [0.15, 0.2) is 0 Å². The number of halogens is 1. The van der Waals surface area contributed by atoms with Crippen LogP contribution in [-0.4, -0.2) is 10.2 Å². The van der Waals surface area contributed by atoms with Gasteiger partial charge in [-0.05, 0) is 29.7 Å². The third-order valence-corrected chi connectivity index (χ3v) is 3.70. The Balaban J connectivity index is 2.38. The van der Waals surface area contributed by atoms with Crippen LogP contribution >= 0.6 is 11.6 Å². The highest BCUT2D eigenvalue weighted by Crippen LogP contribution is 2.38. The SMILES string of the molecule is CCC(O)(c1ccccc1)C(O)c1ccc(Cl)cc1. The first-order valence-electron chi connectivity index (χ1n) is 6.29. The van der Waals surface area contributed by atoms with Crippen molar-refractivity contribution in [2.45, 2.75) is 25.0 Å². The third-order valence-electron chi connectivity index (χ3n) is 3.45. The van der Waals surface area contributed by atoms with E-state index in [4.69, 9.17) is 11.6 Å². The van der Waals surface area contributed by atoms with E-state index in [1.165, 1.54) is 0 Å². The Kier molecular flexibility index (Phi) is 4.25. The molecule has 0 aliphatic heterocycles. The van der Waals surface area contributed by atoms with Gasteiger partial charge in [-0.25, -0.2) is 0 Å². The van der Waals surface area contributed by atoms with Crippen molar-refractivity contribution in [3.63, 3.8) is 0 Å². The standard InChI is InChI=1S/C16H17ClO2/c1-2-16(19,13-6-4-3-5-7-13)15(18)12-8-10-14(17)11-9-12/h3-11,15,18-19H,2H2,1H3. The Morgan fingerprint density at radius 1 is 1.05 bits per heavy atom. The number of aliphatic hydroxyl groups is 2. The average molecular weight is 277 g/mol. The maximum atomic E-state index is 10.8. The van der Waals surface area contributed by atoms with Crippen LogP contribution in [0.25, 0.3) is 0 Å². The molecular weight excluding hydrogens is 260 g/mol. The van der Waals surface area contributed by atoms with Gasteiger partial charge in [0.2, 0.25) is 0 Å². The van der Waals surface area contributed by atoms with E-state index in [9.17, 15) is 10.2 Å². The lowest BCUT2D eigenvalue weighted by Crippen LogP contribution is -2.32. The Hall–Kier alpha value is -1.35. The van der Waals surface area contributed by atoms with E-state index in [0.29, 0.717) is 22.6 Å². The van der Waals surface area contributed by atoms with Crippen molar-refractivity contribution in [3.8, 4) is 0 Å². The number of rotatable bonds is 4. The summed E-state index contributed by atoms with van der Waals surface area (Å²) in [5.74, 6) is 0. The molecule has 0 heterocycles. The lowest BCUT2D eigenvalue weighted by Gasteiger charge is -2.33. The quantitative estimate of drug-likeness (QED) is 0.894. The number of hydrogen-bond acceptors (Lipinski definition) is 2. The first-order valence-corrected chi connectivity index (χ1v) is 6.67. The molecule has 19 heavy (non-hydrogen) atoms. The molecule has 0 aliphatic rings. The van der Waals surface area contributed by atoms with Gasteiger partial charge in [-0.3, -0.25) is 0 Å². The smallest absolute Gasteiger partial charge is 0.119 e. The Labute approximate surface area is 118 Å². The molecule has 0 fully saturated rings. The highest BCUT2D eigenvalue weighted by molar-refractivity contribution is 6.30. The molecule has 2 atom stereocenters. The summed E-state index contributed by atoms with van der Waals surface area (Å²) in [5.41, 5.74) is 0.0623. The first kappa shape index (κ1) is 14.1. The van der Waals surface area contributed by atoms with Crippen molar-refractivity contribution in [2.24, 2.45) is 0 Å². The van der Waals surface area contributed by atoms with Crippen LogP contribution in [0.3, 0.4) is 0 Å². The minimum absolute atomic E-state index is 0.417. The van der Waals surface area contributed by atoms with Crippen LogP contribution in [0.1, 0.15) is 30.6 Å². The van der Waals surface area contributed by atoms with E-state index >= 15 is 0 Å². The largest absolute Gasteiger partial charge is 0.385 e. The molecular formula is C16H17ClO2. The van der Waals surface area contributed by atoms with Crippen molar-refractivity contribution in [3.05, 3.63) is 70.7 Å². The molecule has 2 nitrogen and oxygen atoms in total. The second-order valence-electron chi connectivity index (χ2n) is 4.60. The van der Waals surface area contributed by atoms with E-state index in [1.807, 2.05) is 37.3 Å². The summed E-state index contributed by atoms with van der Waals surface area (Å²) in [6.45, 7) is 1.85. The Morgan fingerprint density at radius 2 is 1.63 bits per heavy atom. The fourth-order valence-corrected chi connectivity index (χ4v) is 2.33. The fourth-order valence-electron chi connectivity index (χ4n) is 2.20. The number of aliphatic hydroxyl groups excluding tert-OH is 1. The fraction of sp³-hybridized carbons (Fsp3) is 0.250. The molecule has 2 unspecified atom stereocenters. The van der Waals surface area contributed by atoms with Crippen LogP contribution < -0.4 is 0 Å². The monoisotopic (exact) mass is 276 g/mol. The second-order valence-corrected chi connectivity index (χ2v) is 5.03. The van der Waals surface area contributed by atoms with Crippen molar-refractivity contribution >= 4 is 11.6 Å². The Morgan fingerprint density at radius 3 is 2.16 bits per heavy atom. The van der Waals surface area contributed by atoms with Gasteiger partial charge >= 0.3 is 0 Å². The molecule has 2 aromatic carbocycles. The van der Waals surface area contributed by atoms with Crippen LogP contribution in [0.4, 0.5) is 0 Å². The summed E-state index contributed by atoms with van der Waals surface area (Å²) in [5, 5.41) is 21.9. The molecule has 0 aromatic heterocycles. The third kappa shape index (κ3) is 2.81. The van der Waals surface area contributed by atoms with Gasteiger partial charge in [-0.15, -0.1) is 0 Å². The van der Waals surface area contributed by atoms with E-state index in [2.05, 4.69) is 0 Å². The van der Waals surface area contributed by atoms with Crippen molar-refractivity contribution in [1.82, 2.24) is 0 Å². The van der Waals surface area contributed by atoms with Crippen molar-refractivity contribution in [2.75, 3.05) is 0 Å². The first-order chi connectivity index (χ1) is 9.08. The molecule has 0 aliphatic carbocycles. The highest BCUT2D eigenvalue weighted by Gasteiger charge is 2.36. The summed E-state index contributed by atoms with van der Waals surface area (Å²) < 4.78 is 0. The zero-order valence-corrected chi connectivity index (χ0v) is 11.5. The maximum Gasteiger partial charge on any atom is 0.119 e. The minimum atomic E-state index is -1.30. The summed E-state index contributed by atoms with van der Waals surface area (Å²) in [7, 11) is 0. The second kappa shape index (κ2) is 5.74. The molecule has 0 bridgehead atoms. The lowest BCUT2D eigenvalue weighted by atomic mass is 9.82. The van der Waals surface area contributed by atoms with E-state index in [-0.39, 0.29) is 0 Å². The van der Waals surface area contributed by atoms with Gasteiger partial charge in [-0.1, -0.05) is 61.0 Å². The van der Waals surface area contributed by atoms with E-state index in [0.717, 1.165) is 0 Å². The predicted octanol–water partition coefficient (Wildman–Crippen LogP) is 3.67. The van der Waals surface area contributed by atoms with Crippen molar-refractivity contribution < 1.29 is 10.2 Å². The summed E-state index contributed by atoms with van der Waals surface area (Å²) >= 11 is 5.84. The van der Waals surface area contributed by atoms with Gasteiger partial charge in [-0.2, -0.15) is 0 Å². The summed E-state index contributed by atoms with van der Waals surface area (Å²) in [6, 6.07) is 16.1. The van der Waals surface area contributed by atoms with Crippen molar-refractivity contribution in [1.29, 1.82) is 0 Å². The van der Waals surface area contributed by atoms with Gasteiger partial charge < -0.3 is 10.2 Å². The van der Waals surface area contributed by atoms with Gasteiger partial charge in [0.1, 0.15) is 11.7 Å². The van der Waals surface area contributed by atoms with Crippen LogP contribution in [0.2, 0.25) is 5.02 Å². The van der Waals surface area contributed by atoms with Crippen LogP contribution in [0.15, 0.2) is 54.6 Å².